The molecule has 0 fully saturated rings. The van der Waals surface area contributed by atoms with Gasteiger partial charge in [0, 0.05) is 5.56 Å². The van der Waals surface area contributed by atoms with Crippen molar-refractivity contribution in [2.24, 2.45) is 5.16 Å². The third-order valence-electron chi connectivity index (χ3n) is 1.25. The van der Waals surface area contributed by atoms with Crippen LogP contribution in [0.1, 0.15) is 5.56 Å². The molecular weight excluding hydrogens is 185 g/mol. The van der Waals surface area contributed by atoms with Gasteiger partial charge in [0.15, 0.2) is 0 Å². The molecule has 0 amide bonds. The van der Waals surface area contributed by atoms with Crippen LogP contribution >= 0.6 is 11.6 Å². The summed E-state index contributed by atoms with van der Waals surface area (Å²) in [5, 5.41) is 19.8. The van der Waals surface area contributed by atoms with Gasteiger partial charge in [-0.3, -0.25) is 0 Å². The molecule has 0 aliphatic carbocycles. The number of phenols is 1. The first-order valence-corrected chi connectivity index (χ1v) is 3.38. The molecule has 0 atom stereocenters. The highest BCUT2D eigenvalue weighted by atomic mass is 35.5. The van der Waals surface area contributed by atoms with Crippen LogP contribution in [-0.4, -0.2) is 16.5 Å². The van der Waals surface area contributed by atoms with E-state index in [4.69, 9.17) is 21.9 Å². The normalized spacial score (nSPS) is 10.8. The van der Waals surface area contributed by atoms with Gasteiger partial charge in [0.2, 0.25) is 0 Å². The van der Waals surface area contributed by atoms with E-state index in [-0.39, 0.29) is 16.3 Å². The minimum Gasteiger partial charge on any atom is -0.506 e. The van der Waals surface area contributed by atoms with Crippen molar-refractivity contribution in [3.8, 4) is 5.75 Å². The zero-order valence-electron chi connectivity index (χ0n) is 5.83. The number of oxime groups is 1. The van der Waals surface area contributed by atoms with Gasteiger partial charge in [0.1, 0.15) is 11.6 Å². The number of aromatic hydroxyl groups is 1. The fraction of sp³-hybridized carbons (Fsp3) is 0. The van der Waals surface area contributed by atoms with Crippen LogP contribution in [0.3, 0.4) is 0 Å². The molecule has 1 aromatic carbocycles. The van der Waals surface area contributed by atoms with Crippen molar-refractivity contribution >= 4 is 17.8 Å². The number of rotatable bonds is 1. The zero-order chi connectivity index (χ0) is 9.14. The number of hydrogen-bond acceptors (Lipinski definition) is 3. The van der Waals surface area contributed by atoms with Crippen molar-refractivity contribution < 1.29 is 14.7 Å². The second kappa shape index (κ2) is 3.40. The Morgan fingerprint density at radius 1 is 1.50 bits per heavy atom. The van der Waals surface area contributed by atoms with E-state index in [0.717, 1.165) is 18.3 Å². The molecule has 0 aliphatic rings. The Hall–Kier alpha value is -1.29. The summed E-state index contributed by atoms with van der Waals surface area (Å²) in [6, 6.07) is 1.96. The predicted molar refractivity (Wildman–Crippen MR) is 42.5 cm³/mol. The van der Waals surface area contributed by atoms with Gasteiger partial charge in [-0.2, -0.15) is 0 Å². The van der Waals surface area contributed by atoms with Gasteiger partial charge in [0.05, 0.1) is 11.2 Å². The van der Waals surface area contributed by atoms with E-state index in [9.17, 15) is 4.39 Å². The molecule has 0 saturated carbocycles. The molecule has 0 saturated heterocycles. The number of halogens is 2. The van der Waals surface area contributed by atoms with E-state index in [1.165, 1.54) is 0 Å². The van der Waals surface area contributed by atoms with Gasteiger partial charge >= 0.3 is 0 Å². The monoisotopic (exact) mass is 189 g/mol. The molecule has 0 unspecified atom stereocenters. The lowest BCUT2D eigenvalue weighted by Gasteiger charge is -1.99. The van der Waals surface area contributed by atoms with E-state index >= 15 is 0 Å². The Bertz CT molecular complexity index is 327. The summed E-state index contributed by atoms with van der Waals surface area (Å²) in [5.74, 6) is -0.913. The SMILES string of the molecule is O/N=C/c1cc(F)cc(Cl)c1O. The molecule has 0 bridgehead atoms. The Morgan fingerprint density at radius 3 is 2.75 bits per heavy atom. The molecule has 0 heterocycles. The van der Waals surface area contributed by atoms with Gasteiger partial charge in [-0.25, -0.2) is 4.39 Å². The van der Waals surface area contributed by atoms with E-state index in [1.807, 2.05) is 0 Å². The molecule has 0 radical (unpaired) electrons. The van der Waals surface area contributed by atoms with Crippen LogP contribution in [0, 0.1) is 5.82 Å². The summed E-state index contributed by atoms with van der Waals surface area (Å²) in [6.45, 7) is 0. The lowest BCUT2D eigenvalue weighted by Crippen LogP contribution is -1.86. The molecular formula is C7H5ClFNO2. The Kier molecular flexibility index (Phi) is 2.50. The maximum atomic E-state index is 12.6. The molecule has 1 aromatic rings. The van der Waals surface area contributed by atoms with Crippen molar-refractivity contribution in [1.82, 2.24) is 0 Å². The average molecular weight is 190 g/mol. The first kappa shape index (κ1) is 8.80. The van der Waals surface area contributed by atoms with Gasteiger partial charge < -0.3 is 10.3 Å². The van der Waals surface area contributed by atoms with Crippen molar-refractivity contribution in [2.75, 3.05) is 0 Å². The third-order valence-corrected chi connectivity index (χ3v) is 1.54. The second-order valence-electron chi connectivity index (χ2n) is 2.07. The number of phenolic OH excluding ortho intramolecular Hbond substituents is 1. The fourth-order valence-corrected chi connectivity index (χ4v) is 0.960. The highest BCUT2D eigenvalue weighted by Gasteiger charge is 2.06. The van der Waals surface area contributed by atoms with Crippen molar-refractivity contribution in [2.45, 2.75) is 0 Å². The molecule has 0 spiro atoms. The standard InChI is InChI=1S/C7H5ClFNO2/c8-6-2-5(9)1-4(3-10-12)7(6)11/h1-3,11-12H/b10-3+. The van der Waals surface area contributed by atoms with Crippen molar-refractivity contribution in [1.29, 1.82) is 0 Å². The fourth-order valence-electron chi connectivity index (χ4n) is 0.746. The third kappa shape index (κ3) is 1.65. The van der Waals surface area contributed by atoms with Gasteiger partial charge in [-0.05, 0) is 12.1 Å². The van der Waals surface area contributed by atoms with E-state index in [0.29, 0.717) is 0 Å². The molecule has 3 nitrogen and oxygen atoms in total. The molecule has 0 aromatic heterocycles. The summed E-state index contributed by atoms with van der Waals surface area (Å²) in [4.78, 5) is 0. The summed E-state index contributed by atoms with van der Waals surface area (Å²) in [7, 11) is 0. The topological polar surface area (TPSA) is 52.8 Å². The quantitative estimate of drug-likeness (QED) is 0.403. The van der Waals surface area contributed by atoms with Crippen LogP contribution in [0.25, 0.3) is 0 Å². The summed E-state index contributed by atoms with van der Waals surface area (Å²) in [6.07, 6.45) is 0.893. The number of nitrogens with zero attached hydrogens (tertiary/aromatic N) is 1. The van der Waals surface area contributed by atoms with Crippen molar-refractivity contribution in [3.63, 3.8) is 0 Å². The Balaban J connectivity index is 3.27. The number of benzene rings is 1. The Labute approximate surface area is 72.7 Å². The van der Waals surface area contributed by atoms with Gasteiger partial charge in [-0.15, -0.1) is 0 Å². The van der Waals surface area contributed by atoms with E-state index in [2.05, 4.69) is 5.16 Å². The minimum absolute atomic E-state index is 0.0301. The Morgan fingerprint density at radius 2 is 2.17 bits per heavy atom. The zero-order valence-corrected chi connectivity index (χ0v) is 6.59. The number of hydrogen-bond donors (Lipinski definition) is 2. The van der Waals surface area contributed by atoms with Crippen LogP contribution in [0.2, 0.25) is 5.02 Å². The maximum Gasteiger partial charge on any atom is 0.143 e. The minimum atomic E-state index is -0.604. The highest BCUT2D eigenvalue weighted by Crippen LogP contribution is 2.27. The predicted octanol–water partition coefficient (Wildman–Crippen LogP) is 1.99. The van der Waals surface area contributed by atoms with Crippen LogP contribution in [0.5, 0.6) is 5.75 Å². The molecule has 5 heteroatoms. The summed E-state index contributed by atoms with van der Waals surface area (Å²) in [5.41, 5.74) is 0.0301. The first-order chi connectivity index (χ1) is 5.65. The maximum absolute atomic E-state index is 12.6. The highest BCUT2D eigenvalue weighted by molar-refractivity contribution is 6.32. The second-order valence-corrected chi connectivity index (χ2v) is 2.48. The van der Waals surface area contributed by atoms with E-state index in [1.54, 1.807) is 0 Å². The lowest BCUT2D eigenvalue weighted by molar-refractivity contribution is 0.321. The smallest absolute Gasteiger partial charge is 0.143 e. The van der Waals surface area contributed by atoms with Crippen molar-refractivity contribution in [3.05, 3.63) is 28.5 Å². The van der Waals surface area contributed by atoms with Gasteiger partial charge in [0.25, 0.3) is 0 Å². The van der Waals surface area contributed by atoms with Crippen LogP contribution < -0.4 is 0 Å². The average Bonchev–Trinajstić information content (AvgIpc) is 2.00. The van der Waals surface area contributed by atoms with E-state index < -0.39 is 5.82 Å². The van der Waals surface area contributed by atoms with Crippen LogP contribution in [0.15, 0.2) is 17.3 Å². The first-order valence-electron chi connectivity index (χ1n) is 3.00. The van der Waals surface area contributed by atoms with Gasteiger partial charge in [-0.1, -0.05) is 16.8 Å². The van der Waals surface area contributed by atoms with Crippen LogP contribution in [-0.2, 0) is 0 Å². The molecule has 1 rings (SSSR count). The molecule has 2 N–H and O–H groups in total. The van der Waals surface area contributed by atoms with Crippen LogP contribution in [0.4, 0.5) is 4.39 Å². The molecule has 64 valence electrons. The molecule has 0 aliphatic heterocycles. The molecule has 12 heavy (non-hydrogen) atoms. The lowest BCUT2D eigenvalue weighted by atomic mass is 10.2. The summed E-state index contributed by atoms with van der Waals surface area (Å²) >= 11 is 5.42. The largest absolute Gasteiger partial charge is 0.506 e. The summed E-state index contributed by atoms with van der Waals surface area (Å²) < 4.78 is 12.6.